The molecule has 0 fully saturated rings. The predicted octanol–water partition coefficient (Wildman–Crippen LogP) is 4.81. The van der Waals surface area contributed by atoms with Gasteiger partial charge in [0.15, 0.2) is 0 Å². The molecule has 1 unspecified atom stereocenters. The Kier molecular flexibility index (Phi) is 7.01. The van der Waals surface area contributed by atoms with E-state index in [2.05, 4.69) is 10.3 Å². The zero-order valence-electron chi connectivity index (χ0n) is 21.4. The van der Waals surface area contributed by atoms with E-state index in [-0.39, 0.29) is 13.0 Å². The first-order valence-corrected chi connectivity index (χ1v) is 13.6. The number of nitrogens with zero attached hydrogens (tertiary/aromatic N) is 4. The molecule has 4 aromatic rings. The SMILES string of the molecule is COc1cc(C(CC(=O)O)c2ccc(C)c(CN3CCOc4ccccc4S3(O)O)c2)cc2nnn(C)c12. The molecule has 5 rings (SSSR count). The molecule has 3 aromatic carbocycles. The first-order chi connectivity index (χ1) is 18.2. The standard InChI is InChI=1S/C27H30N4O6S/c1-17-8-9-18(12-20(17)16-31-10-11-37-23-6-4-5-7-25(23)38(31,34)35)21(15-26(32)33)19-13-22-27(24(14-19)36-3)30(2)29-28-22/h4-9,12-14,21,34-35H,10-11,15-16H2,1-3H3,(H,32,33). The van der Waals surface area contributed by atoms with Gasteiger partial charge in [0.25, 0.3) is 0 Å². The van der Waals surface area contributed by atoms with E-state index >= 15 is 0 Å². The average molecular weight is 539 g/mol. The summed E-state index contributed by atoms with van der Waals surface area (Å²) in [5.41, 5.74) is 4.70. The minimum absolute atomic E-state index is 0.141. The molecule has 1 aliphatic rings. The van der Waals surface area contributed by atoms with Crippen molar-refractivity contribution in [3.8, 4) is 11.5 Å². The van der Waals surface area contributed by atoms with Crippen molar-refractivity contribution in [1.29, 1.82) is 0 Å². The molecule has 1 aromatic heterocycles. The summed E-state index contributed by atoms with van der Waals surface area (Å²) in [4.78, 5) is 12.3. The Morgan fingerprint density at radius 2 is 1.95 bits per heavy atom. The van der Waals surface area contributed by atoms with Gasteiger partial charge in [-0.1, -0.05) is 35.5 Å². The molecule has 200 valence electrons. The van der Waals surface area contributed by atoms with Crippen molar-refractivity contribution in [2.75, 3.05) is 20.3 Å². The predicted molar refractivity (Wildman–Crippen MR) is 144 cm³/mol. The number of hydrogen-bond acceptors (Lipinski definition) is 8. The number of para-hydroxylation sites is 1. The van der Waals surface area contributed by atoms with Gasteiger partial charge in [-0.3, -0.25) is 13.9 Å². The van der Waals surface area contributed by atoms with E-state index in [1.807, 2.05) is 37.3 Å². The minimum atomic E-state index is -3.29. The number of carbonyl (C=O) groups is 1. The van der Waals surface area contributed by atoms with Gasteiger partial charge < -0.3 is 14.6 Å². The molecule has 0 saturated heterocycles. The number of carboxylic acids is 1. The van der Waals surface area contributed by atoms with Crippen molar-refractivity contribution in [2.24, 2.45) is 7.05 Å². The number of hydrogen-bond donors (Lipinski definition) is 3. The fraction of sp³-hybridized carbons (Fsp3) is 0.296. The zero-order chi connectivity index (χ0) is 27.0. The summed E-state index contributed by atoms with van der Waals surface area (Å²) in [6.45, 7) is 2.84. The molecule has 1 atom stereocenters. The highest BCUT2D eigenvalue weighted by atomic mass is 32.3. The van der Waals surface area contributed by atoms with Crippen LogP contribution in [-0.4, -0.2) is 59.7 Å². The summed E-state index contributed by atoms with van der Waals surface area (Å²) in [5.74, 6) is -0.397. The molecule has 2 heterocycles. The molecular weight excluding hydrogens is 508 g/mol. The van der Waals surface area contributed by atoms with Gasteiger partial charge >= 0.3 is 5.97 Å². The van der Waals surface area contributed by atoms with E-state index in [9.17, 15) is 19.0 Å². The van der Waals surface area contributed by atoms with Crippen molar-refractivity contribution in [3.05, 3.63) is 76.9 Å². The van der Waals surface area contributed by atoms with Crippen LogP contribution in [0.3, 0.4) is 0 Å². The van der Waals surface area contributed by atoms with Crippen molar-refractivity contribution >= 4 is 27.8 Å². The third-order valence-corrected chi connectivity index (χ3v) is 8.87. The summed E-state index contributed by atoms with van der Waals surface area (Å²) >= 11 is 0. The highest BCUT2D eigenvalue weighted by molar-refractivity contribution is 8.22. The number of aromatic nitrogens is 3. The van der Waals surface area contributed by atoms with Gasteiger partial charge in [-0.25, -0.2) is 4.68 Å². The van der Waals surface area contributed by atoms with Crippen LogP contribution in [0, 0.1) is 6.92 Å². The number of ether oxygens (including phenoxy) is 2. The highest BCUT2D eigenvalue weighted by Gasteiger charge is 2.32. The van der Waals surface area contributed by atoms with Crippen LogP contribution in [0.15, 0.2) is 59.5 Å². The lowest BCUT2D eigenvalue weighted by atomic mass is 9.86. The van der Waals surface area contributed by atoms with Crippen LogP contribution >= 0.6 is 10.8 Å². The molecular formula is C27H30N4O6S. The van der Waals surface area contributed by atoms with E-state index < -0.39 is 22.7 Å². The van der Waals surface area contributed by atoms with Crippen LogP contribution in [0.2, 0.25) is 0 Å². The third-order valence-electron chi connectivity index (χ3n) is 6.91. The van der Waals surface area contributed by atoms with Crippen LogP contribution in [0.25, 0.3) is 11.0 Å². The van der Waals surface area contributed by atoms with Crippen LogP contribution in [0.1, 0.15) is 34.6 Å². The Hall–Kier alpha value is -3.64. The molecule has 0 bridgehead atoms. The summed E-state index contributed by atoms with van der Waals surface area (Å²) in [6.07, 6.45) is -0.141. The molecule has 0 amide bonds. The number of aryl methyl sites for hydroxylation is 2. The number of carboxylic acid groups (broad SMARTS) is 1. The lowest BCUT2D eigenvalue weighted by molar-refractivity contribution is -0.137. The average Bonchev–Trinajstić information content (AvgIpc) is 3.22. The maximum atomic E-state index is 11.9. The smallest absolute Gasteiger partial charge is 0.304 e. The maximum Gasteiger partial charge on any atom is 0.304 e. The molecule has 1 aliphatic heterocycles. The van der Waals surface area contributed by atoms with Crippen LogP contribution in [0.4, 0.5) is 0 Å². The van der Waals surface area contributed by atoms with E-state index in [4.69, 9.17) is 9.47 Å². The Balaban J connectivity index is 1.54. The van der Waals surface area contributed by atoms with Crippen molar-refractivity contribution in [1.82, 2.24) is 19.3 Å². The van der Waals surface area contributed by atoms with Gasteiger partial charge in [0.2, 0.25) is 0 Å². The second kappa shape index (κ2) is 10.3. The van der Waals surface area contributed by atoms with Crippen molar-refractivity contribution in [3.63, 3.8) is 0 Å². The minimum Gasteiger partial charge on any atom is -0.494 e. The van der Waals surface area contributed by atoms with Gasteiger partial charge in [0, 0.05) is 19.5 Å². The van der Waals surface area contributed by atoms with Gasteiger partial charge in [0.1, 0.15) is 34.0 Å². The molecule has 0 spiro atoms. The van der Waals surface area contributed by atoms with Gasteiger partial charge in [-0.15, -0.1) is 15.9 Å². The molecule has 0 saturated carbocycles. The molecule has 0 aliphatic carbocycles. The first kappa shape index (κ1) is 26.0. The lowest BCUT2D eigenvalue weighted by Crippen LogP contribution is -2.29. The summed E-state index contributed by atoms with van der Waals surface area (Å²) in [5, 5.41) is 18.1. The van der Waals surface area contributed by atoms with Crippen molar-refractivity contribution < 1.29 is 28.5 Å². The van der Waals surface area contributed by atoms with E-state index in [0.29, 0.717) is 35.1 Å². The van der Waals surface area contributed by atoms with E-state index in [1.165, 1.54) is 0 Å². The lowest BCUT2D eigenvalue weighted by Gasteiger charge is -2.41. The Morgan fingerprint density at radius 3 is 2.71 bits per heavy atom. The zero-order valence-corrected chi connectivity index (χ0v) is 22.2. The maximum absolute atomic E-state index is 11.9. The van der Waals surface area contributed by atoms with Crippen LogP contribution in [-0.2, 0) is 18.4 Å². The van der Waals surface area contributed by atoms with Gasteiger partial charge in [-0.05, 0) is 53.4 Å². The quantitative estimate of drug-likeness (QED) is 0.303. The highest BCUT2D eigenvalue weighted by Crippen LogP contribution is 2.56. The fourth-order valence-electron chi connectivity index (χ4n) is 4.89. The summed E-state index contributed by atoms with van der Waals surface area (Å²) < 4.78 is 37.1. The molecule has 3 N–H and O–H groups in total. The van der Waals surface area contributed by atoms with Crippen molar-refractivity contribution in [2.45, 2.75) is 30.7 Å². The second-order valence-electron chi connectivity index (χ2n) is 9.32. The normalized spacial score (nSPS) is 16.8. The Bertz CT molecular complexity index is 1500. The second-order valence-corrected chi connectivity index (χ2v) is 11.3. The number of rotatable bonds is 7. The fourth-order valence-corrected chi connectivity index (χ4v) is 6.48. The first-order valence-electron chi connectivity index (χ1n) is 12.1. The number of methoxy groups -OCH3 is 1. The summed E-state index contributed by atoms with van der Waals surface area (Å²) in [6, 6.07) is 16.4. The molecule has 10 nitrogen and oxygen atoms in total. The number of fused-ring (bicyclic) bond motifs is 2. The topological polar surface area (TPSA) is 130 Å². The number of benzene rings is 3. The van der Waals surface area contributed by atoms with E-state index in [1.54, 1.807) is 47.4 Å². The van der Waals surface area contributed by atoms with Gasteiger partial charge in [-0.2, -0.15) is 4.31 Å². The number of aliphatic carboxylic acids is 1. The Labute approximate surface area is 221 Å². The summed E-state index contributed by atoms with van der Waals surface area (Å²) in [7, 11) is 0.0423. The monoisotopic (exact) mass is 538 g/mol. The van der Waals surface area contributed by atoms with Crippen LogP contribution < -0.4 is 9.47 Å². The molecule has 38 heavy (non-hydrogen) atoms. The van der Waals surface area contributed by atoms with Gasteiger partial charge in [0.05, 0.1) is 20.1 Å². The third kappa shape index (κ3) is 4.81. The Morgan fingerprint density at radius 1 is 1.16 bits per heavy atom. The largest absolute Gasteiger partial charge is 0.494 e. The van der Waals surface area contributed by atoms with E-state index in [0.717, 1.165) is 27.8 Å². The molecule has 11 heteroatoms. The molecule has 0 radical (unpaired) electrons. The van der Waals surface area contributed by atoms with Crippen LogP contribution in [0.5, 0.6) is 11.5 Å².